The number of hydrogen-bond acceptors (Lipinski definition) is 2. The average molecular weight is 187 g/mol. The fraction of sp³-hybridized carbons (Fsp3) is 0.900. The molecule has 0 aromatic heterocycles. The van der Waals surface area contributed by atoms with Gasteiger partial charge in [-0.05, 0) is 20.3 Å². The summed E-state index contributed by atoms with van der Waals surface area (Å²) in [5.41, 5.74) is 0. The molecule has 13 heavy (non-hydrogen) atoms. The SMILES string of the molecule is CCCCCC(=O)NC(C)OCC. The molecule has 3 heteroatoms. The molecular formula is C10H21NO2. The van der Waals surface area contributed by atoms with Crippen LogP contribution in [0.5, 0.6) is 0 Å². The molecule has 0 aliphatic carbocycles. The fourth-order valence-corrected chi connectivity index (χ4v) is 1.13. The van der Waals surface area contributed by atoms with E-state index in [9.17, 15) is 4.79 Å². The first-order chi connectivity index (χ1) is 6.20. The number of rotatable bonds is 7. The summed E-state index contributed by atoms with van der Waals surface area (Å²) >= 11 is 0. The van der Waals surface area contributed by atoms with Gasteiger partial charge < -0.3 is 10.1 Å². The summed E-state index contributed by atoms with van der Waals surface area (Å²) in [4.78, 5) is 11.2. The zero-order chi connectivity index (χ0) is 10.1. The lowest BCUT2D eigenvalue weighted by Crippen LogP contribution is -2.34. The molecule has 0 spiro atoms. The van der Waals surface area contributed by atoms with Gasteiger partial charge in [-0.25, -0.2) is 0 Å². The number of unbranched alkanes of at least 4 members (excludes halogenated alkanes) is 2. The molecule has 1 N–H and O–H groups in total. The van der Waals surface area contributed by atoms with Crippen LogP contribution in [0.15, 0.2) is 0 Å². The minimum Gasteiger partial charge on any atom is -0.359 e. The van der Waals surface area contributed by atoms with Crippen LogP contribution in [0.3, 0.4) is 0 Å². The maximum absolute atomic E-state index is 11.2. The Morgan fingerprint density at radius 1 is 1.38 bits per heavy atom. The molecule has 0 rings (SSSR count). The molecule has 0 saturated carbocycles. The van der Waals surface area contributed by atoms with Crippen LogP contribution in [0.4, 0.5) is 0 Å². The minimum atomic E-state index is -0.154. The summed E-state index contributed by atoms with van der Waals surface area (Å²) in [6.07, 6.45) is 3.70. The first-order valence-electron chi connectivity index (χ1n) is 5.11. The predicted octanol–water partition coefficient (Wildman–Crippen LogP) is 2.07. The lowest BCUT2D eigenvalue weighted by molar-refractivity contribution is -0.125. The van der Waals surface area contributed by atoms with Gasteiger partial charge >= 0.3 is 0 Å². The van der Waals surface area contributed by atoms with Crippen molar-refractivity contribution >= 4 is 5.91 Å². The normalized spacial score (nSPS) is 12.5. The first kappa shape index (κ1) is 12.4. The highest BCUT2D eigenvalue weighted by molar-refractivity contribution is 5.75. The average Bonchev–Trinajstić information content (AvgIpc) is 2.05. The lowest BCUT2D eigenvalue weighted by atomic mass is 10.2. The molecule has 0 aromatic rings. The molecular weight excluding hydrogens is 166 g/mol. The zero-order valence-electron chi connectivity index (χ0n) is 8.93. The summed E-state index contributed by atoms with van der Waals surface area (Å²) in [6, 6.07) is 0. The van der Waals surface area contributed by atoms with E-state index < -0.39 is 0 Å². The fourth-order valence-electron chi connectivity index (χ4n) is 1.13. The maximum atomic E-state index is 11.2. The van der Waals surface area contributed by atoms with E-state index in [1.165, 1.54) is 0 Å². The zero-order valence-corrected chi connectivity index (χ0v) is 8.93. The molecule has 0 fully saturated rings. The summed E-state index contributed by atoms with van der Waals surface area (Å²) < 4.78 is 5.19. The van der Waals surface area contributed by atoms with Crippen LogP contribution in [0.25, 0.3) is 0 Å². The smallest absolute Gasteiger partial charge is 0.221 e. The standard InChI is InChI=1S/C10H21NO2/c1-4-6-7-8-10(12)11-9(3)13-5-2/h9H,4-8H2,1-3H3,(H,11,12). The Bertz CT molecular complexity index is 137. The van der Waals surface area contributed by atoms with Crippen LogP contribution < -0.4 is 5.32 Å². The van der Waals surface area contributed by atoms with Crippen molar-refractivity contribution < 1.29 is 9.53 Å². The van der Waals surface area contributed by atoms with Gasteiger partial charge in [0, 0.05) is 13.0 Å². The molecule has 1 amide bonds. The van der Waals surface area contributed by atoms with E-state index >= 15 is 0 Å². The summed E-state index contributed by atoms with van der Waals surface area (Å²) in [6.45, 7) is 6.53. The molecule has 1 atom stereocenters. The largest absolute Gasteiger partial charge is 0.359 e. The third-order valence-electron chi connectivity index (χ3n) is 1.79. The quantitative estimate of drug-likeness (QED) is 0.489. The lowest BCUT2D eigenvalue weighted by Gasteiger charge is -2.13. The Morgan fingerprint density at radius 2 is 2.08 bits per heavy atom. The van der Waals surface area contributed by atoms with Crippen molar-refractivity contribution in [1.82, 2.24) is 5.32 Å². The Labute approximate surface area is 80.8 Å². The van der Waals surface area contributed by atoms with Crippen molar-refractivity contribution in [3.63, 3.8) is 0 Å². The first-order valence-corrected chi connectivity index (χ1v) is 5.11. The Hall–Kier alpha value is -0.570. The molecule has 0 radical (unpaired) electrons. The van der Waals surface area contributed by atoms with E-state index in [4.69, 9.17) is 4.74 Å². The van der Waals surface area contributed by atoms with Crippen molar-refractivity contribution in [3.8, 4) is 0 Å². The van der Waals surface area contributed by atoms with Crippen LogP contribution >= 0.6 is 0 Å². The Kier molecular flexibility index (Phi) is 7.69. The van der Waals surface area contributed by atoms with Gasteiger partial charge in [-0.1, -0.05) is 19.8 Å². The highest BCUT2D eigenvalue weighted by atomic mass is 16.5. The van der Waals surface area contributed by atoms with E-state index in [0.717, 1.165) is 19.3 Å². The highest BCUT2D eigenvalue weighted by Crippen LogP contribution is 1.99. The Morgan fingerprint density at radius 3 is 2.62 bits per heavy atom. The number of carbonyl (C=O) groups is 1. The second kappa shape index (κ2) is 8.05. The molecule has 0 heterocycles. The van der Waals surface area contributed by atoms with Crippen LogP contribution in [0.2, 0.25) is 0 Å². The molecule has 1 unspecified atom stereocenters. The number of amides is 1. The van der Waals surface area contributed by atoms with E-state index in [-0.39, 0.29) is 12.1 Å². The summed E-state index contributed by atoms with van der Waals surface area (Å²) in [5.74, 6) is 0.0920. The van der Waals surface area contributed by atoms with Crippen LogP contribution in [-0.4, -0.2) is 18.7 Å². The molecule has 78 valence electrons. The monoisotopic (exact) mass is 187 g/mol. The van der Waals surface area contributed by atoms with E-state index in [0.29, 0.717) is 13.0 Å². The van der Waals surface area contributed by atoms with Crippen molar-refractivity contribution in [2.24, 2.45) is 0 Å². The van der Waals surface area contributed by atoms with Crippen molar-refractivity contribution in [2.45, 2.75) is 52.7 Å². The number of nitrogens with one attached hydrogen (secondary N) is 1. The van der Waals surface area contributed by atoms with Gasteiger partial charge in [0.15, 0.2) is 0 Å². The highest BCUT2D eigenvalue weighted by Gasteiger charge is 2.05. The van der Waals surface area contributed by atoms with Gasteiger partial charge in [0.25, 0.3) is 0 Å². The van der Waals surface area contributed by atoms with Gasteiger partial charge in [-0.3, -0.25) is 4.79 Å². The van der Waals surface area contributed by atoms with E-state index in [1.54, 1.807) is 0 Å². The summed E-state index contributed by atoms with van der Waals surface area (Å²) in [7, 11) is 0. The van der Waals surface area contributed by atoms with Crippen molar-refractivity contribution in [1.29, 1.82) is 0 Å². The Balaban J connectivity index is 3.38. The van der Waals surface area contributed by atoms with Gasteiger partial charge in [0.2, 0.25) is 5.91 Å². The maximum Gasteiger partial charge on any atom is 0.221 e. The molecule has 0 aliphatic rings. The predicted molar refractivity (Wildman–Crippen MR) is 53.4 cm³/mol. The minimum absolute atomic E-state index is 0.0920. The number of carbonyl (C=O) groups excluding carboxylic acids is 1. The molecule has 0 bridgehead atoms. The number of ether oxygens (including phenoxy) is 1. The third kappa shape index (κ3) is 7.78. The molecule has 0 aliphatic heterocycles. The third-order valence-corrected chi connectivity index (χ3v) is 1.79. The van der Waals surface area contributed by atoms with Gasteiger partial charge in [-0.2, -0.15) is 0 Å². The number of hydrogen-bond donors (Lipinski definition) is 1. The van der Waals surface area contributed by atoms with Crippen molar-refractivity contribution in [3.05, 3.63) is 0 Å². The summed E-state index contributed by atoms with van der Waals surface area (Å²) in [5, 5.41) is 2.78. The molecule has 3 nitrogen and oxygen atoms in total. The van der Waals surface area contributed by atoms with E-state index in [1.807, 2.05) is 13.8 Å². The van der Waals surface area contributed by atoms with E-state index in [2.05, 4.69) is 12.2 Å². The second-order valence-corrected chi connectivity index (χ2v) is 3.12. The molecule has 0 aromatic carbocycles. The van der Waals surface area contributed by atoms with Crippen LogP contribution in [-0.2, 0) is 9.53 Å². The topological polar surface area (TPSA) is 38.3 Å². The van der Waals surface area contributed by atoms with Crippen molar-refractivity contribution in [2.75, 3.05) is 6.61 Å². The van der Waals surface area contributed by atoms with Crippen LogP contribution in [0, 0.1) is 0 Å². The van der Waals surface area contributed by atoms with Gasteiger partial charge in [0.05, 0.1) is 0 Å². The van der Waals surface area contributed by atoms with Gasteiger partial charge in [0.1, 0.15) is 6.23 Å². The molecule has 0 saturated heterocycles. The second-order valence-electron chi connectivity index (χ2n) is 3.12. The van der Waals surface area contributed by atoms with Crippen LogP contribution in [0.1, 0.15) is 46.5 Å². The van der Waals surface area contributed by atoms with Gasteiger partial charge in [-0.15, -0.1) is 0 Å².